The van der Waals surface area contributed by atoms with Gasteiger partial charge in [-0.25, -0.2) is 8.42 Å². The minimum absolute atomic E-state index is 0.0477. The van der Waals surface area contributed by atoms with Gasteiger partial charge < -0.3 is 4.55 Å². The Morgan fingerprint density at radius 1 is 1.09 bits per heavy atom. The first-order valence-electron chi connectivity index (χ1n) is 7.50. The van der Waals surface area contributed by atoms with E-state index in [2.05, 4.69) is 13.8 Å². The van der Waals surface area contributed by atoms with Gasteiger partial charge in [-0.1, -0.05) is 56.3 Å². The van der Waals surface area contributed by atoms with Gasteiger partial charge in [0.15, 0.2) is 5.78 Å². The number of carbonyl (C=O) groups is 1. The number of Topliss-reactive ketones (excluding diaryl/α,β-unsaturated/α-hetero) is 1. The van der Waals surface area contributed by atoms with Crippen molar-refractivity contribution in [3.05, 3.63) is 65.2 Å². The maximum absolute atomic E-state index is 12.4. The molecule has 0 amide bonds. The van der Waals surface area contributed by atoms with Crippen LogP contribution in [-0.2, 0) is 16.5 Å². The second-order valence-corrected chi connectivity index (χ2v) is 6.95. The van der Waals surface area contributed by atoms with E-state index in [1.165, 1.54) is 23.8 Å². The molecule has 0 spiro atoms. The van der Waals surface area contributed by atoms with Gasteiger partial charge in [0.25, 0.3) is 0 Å². The van der Waals surface area contributed by atoms with Gasteiger partial charge in [0.05, 0.1) is 4.90 Å². The summed E-state index contributed by atoms with van der Waals surface area (Å²) in [7, 11) is -4.66. The highest BCUT2D eigenvalue weighted by atomic mass is 32.2. The molecule has 2 aromatic rings. The van der Waals surface area contributed by atoms with Crippen LogP contribution in [0, 0.1) is 0 Å². The molecular formula is C18H19O4S-. The molecule has 4 nitrogen and oxygen atoms in total. The van der Waals surface area contributed by atoms with Crippen LogP contribution < -0.4 is 0 Å². The Kier molecular flexibility index (Phi) is 5.34. The topological polar surface area (TPSA) is 74.3 Å². The second-order valence-electron chi connectivity index (χ2n) is 5.60. The summed E-state index contributed by atoms with van der Waals surface area (Å²) in [5.41, 5.74) is 1.94. The zero-order valence-electron chi connectivity index (χ0n) is 13.2. The Morgan fingerprint density at radius 3 is 2.26 bits per heavy atom. The van der Waals surface area contributed by atoms with Crippen LogP contribution in [0.1, 0.15) is 47.7 Å². The van der Waals surface area contributed by atoms with Gasteiger partial charge in [-0.05, 0) is 29.5 Å². The van der Waals surface area contributed by atoms with Crippen LogP contribution in [0.25, 0.3) is 0 Å². The van der Waals surface area contributed by atoms with Crippen molar-refractivity contribution in [1.82, 2.24) is 0 Å². The van der Waals surface area contributed by atoms with Crippen molar-refractivity contribution in [1.29, 1.82) is 0 Å². The Morgan fingerprint density at radius 2 is 1.70 bits per heavy atom. The van der Waals surface area contributed by atoms with Crippen LogP contribution >= 0.6 is 0 Å². The highest BCUT2D eigenvalue weighted by Crippen LogP contribution is 2.21. The first-order valence-corrected chi connectivity index (χ1v) is 8.90. The van der Waals surface area contributed by atoms with Gasteiger partial charge in [0.2, 0.25) is 0 Å². The van der Waals surface area contributed by atoms with E-state index in [0.717, 1.165) is 12.0 Å². The number of ketones is 1. The van der Waals surface area contributed by atoms with E-state index in [0.29, 0.717) is 5.92 Å². The quantitative estimate of drug-likeness (QED) is 0.599. The molecule has 1 atom stereocenters. The second kappa shape index (κ2) is 7.06. The van der Waals surface area contributed by atoms with Crippen LogP contribution in [0.15, 0.2) is 53.4 Å². The monoisotopic (exact) mass is 331 g/mol. The van der Waals surface area contributed by atoms with E-state index >= 15 is 0 Å². The van der Waals surface area contributed by atoms with E-state index in [1.54, 1.807) is 6.07 Å². The molecule has 0 aromatic heterocycles. The maximum Gasteiger partial charge on any atom is 0.168 e. The SMILES string of the molecule is CCC(C)c1ccc(CC(=O)c2ccccc2S(=O)(=O)[O-])cc1. The Bertz CT molecular complexity index is 792. The third-order valence-corrected chi connectivity index (χ3v) is 4.88. The number of hydrogen-bond donors (Lipinski definition) is 0. The summed E-state index contributed by atoms with van der Waals surface area (Å²) >= 11 is 0. The van der Waals surface area contributed by atoms with E-state index in [-0.39, 0.29) is 17.8 Å². The molecule has 0 N–H and O–H groups in total. The van der Waals surface area contributed by atoms with Crippen LogP contribution in [0.2, 0.25) is 0 Å². The number of carbonyl (C=O) groups excluding carboxylic acids is 1. The molecule has 0 aliphatic carbocycles. The van der Waals surface area contributed by atoms with Gasteiger partial charge in [-0.15, -0.1) is 0 Å². The molecule has 0 saturated heterocycles. The molecule has 0 saturated carbocycles. The standard InChI is InChI=1S/C18H20O4S/c1-3-13(2)15-10-8-14(9-11-15)12-17(19)16-6-4-5-7-18(16)23(20,21)22/h4-11,13H,3,12H2,1-2H3,(H,20,21,22)/p-1. The molecule has 2 aromatic carbocycles. The van der Waals surface area contributed by atoms with Crippen molar-refractivity contribution < 1.29 is 17.8 Å². The van der Waals surface area contributed by atoms with Crippen molar-refractivity contribution in [3.63, 3.8) is 0 Å². The first-order chi connectivity index (χ1) is 10.8. The fourth-order valence-electron chi connectivity index (χ4n) is 2.40. The normalized spacial score (nSPS) is 12.8. The molecule has 122 valence electrons. The van der Waals surface area contributed by atoms with Crippen molar-refractivity contribution in [2.24, 2.45) is 0 Å². The summed E-state index contributed by atoms with van der Waals surface area (Å²) in [4.78, 5) is 11.9. The van der Waals surface area contributed by atoms with Gasteiger partial charge in [-0.3, -0.25) is 4.79 Å². The molecule has 0 aliphatic heterocycles. The lowest BCUT2D eigenvalue weighted by Gasteiger charge is -2.12. The zero-order chi connectivity index (χ0) is 17.0. The summed E-state index contributed by atoms with van der Waals surface area (Å²) in [6.45, 7) is 4.25. The van der Waals surface area contributed by atoms with E-state index < -0.39 is 15.0 Å². The third-order valence-electron chi connectivity index (χ3n) is 3.98. The van der Waals surface area contributed by atoms with Gasteiger partial charge in [0.1, 0.15) is 10.1 Å². The fraction of sp³-hybridized carbons (Fsp3) is 0.278. The molecule has 23 heavy (non-hydrogen) atoms. The number of benzene rings is 2. The van der Waals surface area contributed by atoms with Crippen LogP contribution in [-0.4, -0.2) is 18.8 Å². The maximum atomic E-state index is 12.4. The summed E-state index contributed by atoms with van der Waals surface area (Å²) < 4.78 is 33.8. The van der Waals surface area contributed by atoms with E-state index in [9.17, 15) is 17.8 Å². The zero-order valence-corrected chi connectivity index (χ0v) is 14.0. The van der Waals surface area contributed by atoms with Crippen molar-refractivity contribution in [3.8, 4) is 0 Å². The largest absolute Gasteiger partial charge is 0.744 e. The Labute approximate surface area is 136 Å². The molecule has 0 bridgehead atoms. The van der Waals surface area contributed by atoms with E-state index in [1.807, 2.05) is 24.3 Å². The average Bonchev–Trinajstić information content (AvgIpc) is 2.54. The Hall–Kier alpha value is -1.98. The summed E-state index contributed by atoms with van der Waals surface area (Å²) in [6.07, 6.45) is 1.10. The molecule has 0 radical (unpaired) electrons. The predicted molar refractivity (Wildman–Crippen MR) is 87.6 cm³/mol. The first kappa shape index (κ1) is 17.4. The molecule has 1 unspecified atom stereocenters. The van der Waals surface area contributed by atoms with Gasteiger partial charge in [0, 0.05) is 12.0 Å². The lowest BCUT2D eigenvalue weighted by atomic mass is 9.96. The highest BCUT2D eigenvalue weighted by Gasteiger charge is 2.15. The number of hydrogen-bond acceptors (Lipinski definition) is 4. The molecule has 0 heterocycles. The lowest BCUT2D eigenvalue weighted by molar-refractivity contribution is 0.0989. The lowest BCUT2D eigenvalue weighted by Crippen LogP contribution is -2.11. The van der Waals surface area contributed by atoms with Crippen molar-refractivity contribution in [2.75, 3.05) is 0 Å². The van der Waals surface area contributed by atoms with E-state index in [4.69, 9.17) is 0 Å². The van der Waals surface area contributed by atoms with Gasteiger partial charge >= 0.3 is 0 Å². The Balaban J connectivity index is 2.23. The summed E-state index contributed by atoms with van der Waals surface area (Å²) in [6, 6.07) is 13.2. The van der Waals surface area contributed by atoms with Crippen molar-refractivity contribution in [2.45, 2.75) is 37.5 Å². The van der Waals surface area contributed by atoms with Gasteiger partial charge in [-0.2, -0.15) is 0 Å². The van der Waals surface area contributed by atoms with Crippen molar-refractivity contribution >= 4 is 15.9 Å². The molecular weight excluding hydrogens is 312 g/mol. The highest BCUT2D eigenvalue weighted by molar-refractivity contribution is 7.85. The number of rotatable bonds is 6. The van der Waals surface area contributed by atoms with Crippen LogP contribution in [0.3, 0.4) is 0 Å². The van der Waals surface area contributed by atoms with Crippen LogP contribution in [0.5, 0.6) is 0 Å². The molecule has 2 rings (SSSR count). The minimum Gasteiger partial charge on any atom is -0.744 e. The predicted octanol–water partition coefficient (Wildman–Crippen LogP) is 3.53. The minimum atomic E-state index is -4.66. The molecule has 0 aliphatic rings. The molecule has 5 heteroatoms. The smallest absolute Gasteiger partial charge is 0.168 e. The molecule has 0 fully saturated rings. The summed E-state index contributed by atoms with van der Waals surface area (Å²) in [5.74, 6) is 0.0717. The fourth-order valence-corrected chi connectivity index (χ4v) is 3.09. The third kappa shape index (κ3) is 4.27. The average molecular weight is 331 g/mol. The summed E-state index contributed by atoms with van der Waals surface area (Å²) in [5, 5.41) is 0. The van der Waals surface area contributed by atoms with Crippen LogP contribution in [0.4, 0.5) is 0 Å².